The minimum Gasteiger partial charge on any atom is -0.466 e. The Morgan fingerprint density at radius 1 is 0.897 bits per heavy atom. The highest BCUT2D eigenvalue weighted by molar-refractivity contribution is 14.1. The highest BCUT2D eigenvalue weighted by Gasteiger charge is 1.98. The number of halogens is 3. The fraction of sp³-hybridized carbons (Fsp3) is 0.182. The molecule has 2 rings (SSSR count). The molecule has 0 radical (unpaired) electrons. The first-order valence-electron chi connectivity index (χ1n) is 8.07. The van der Waals surface area contributed by atoms with Gasteiger partial charge in [0.2, 0.25) is 0 Å². The van der Waals surface area contributed by atoms with Crippen LogP contribution in [0.5, 0.6) is 0 Å². The monoisotopic (exact) mass is 688 g/mol. The Hall–Kier alpha value is -1.20. The molecule has 4 nitrogen and oxygen atoms in total. The lowest BCUT2D eigenvalue weighted by Crippen LogP contribution is -1.98. The van der Waals surface area contributed by atoms with Gasteiger partial charge in [0.15, 0.2) is 0 Å². The minimum absolute atomic E-state index is 0. The van der Waals surface area contributed by atoms with Gasteiger partial charge in [-0.25, -0.2) is 9.59 Å². The summed E-state index contributed by atoms with van der Waals surface area (Å²) >= 11 is 2.28. The molecule has 0 aromatic heterocycles. The van der Waals surface area contributed by atoms with Crippen molar-refractivity contribution in [2.24, 2.45) is 0 Å². The standard InChI is InChI=1S/C11H12O2.C6H5I.C5H8O2.BrH.HI/c1-9(8-11(12)13-2)10-6-4-3-5-7-10;7-6-4-2-1-3-5-6;1-4(2)5(6)7-3;;/h3-8H,1-2H3;1-5H;1H2,2-3H3;2*1H. The third kappa shape index (κ3) is 17.4. The van der Waals surface area contributed by atoms with Gasteiger partial charge in [-0.1, -0.05) is 55.1 Å². The first-order chi connectivity index (χ1) is 12.8. The number of carbonyl (C=O) groups excluding carboxylic acids is 2. The van der Waals surface area contributed by atoms with E-state index >= 15 is 0 Å². The lowest BCUT2D eigenvalue weighted by molar-refractivity contribution is -0.136. The molecule has 7 heteroatoms. The molecule has 0 spiro atoms. The van der Waals surface area contributed by atoms with Gasteiger partial charge in [-0.15, -0.1) is 41.0 Å². The lowest BCUT2D eigenvalue weighted by Gasteiger charge is -1.99. The second-order valence-corrected chi connectivity index (χ2v) is 6.53. The Morgan fingerprint density at radius 2 is 1.34 bits per heavy atom. The summed E-state index contributed by atoms with van der Waals surface area (Å²) in [5.74, 6) is -0.665. The van der Waals surface area contributed by atoms with Gasteiger partial charge in [-0.2, -0.15) is 0 Å². The Bertz CT molecular complexity index is 748. The van der Waals surface area contributed by atoms with Crippen LogP contribution >= 0.6 is 63.5 Å². The Kier molecular flexibility index (Phi) is 22.5. The molecule has 0 aliphatic carbocycles. The number of hydrogen-bond acceptors (Lipinski definition) is 4. The van der Waals surface area contributed by atoms with Crippen molar-refractivity contribution in [3.63, 3.8) is 0 Å². The van der Waals surface area contributed by atoms with Gasteiger partial charge in [0.25, 0.3) is 0 Å². The fourth-order valence-electron chi connectivity index (χ4n) is 1.61. The molecule has 0 N–H and O–H groups in total. The number of esters is 2. The van der Waals surface area contributed by atoms with Crippen LogP contribution in [0.3, 0.4) is 0 Å². The number of carbonyl (C=O) groups is 2. The van der Waals surface area contributed by atoms with E-state index in [1.807, 2.05) is 55.5 Å². The van der Waals surface area contributed by atoms with Crippen LogP contribution < -0.4 is 0 Å². The molecular weight excluding hydrogens is 662 g/mol. The maximum Gasteiger partial charge on any atom is 0.332 e. The van der Waals surface area contributed by atoms with Crippen LogP contribution in [-0.4, -0.2) is 26.2 Å². The molecule has 0 aliphatic heterocycles. The molecule has 0 amide bonds. The molecule has 0 aliphatic rings. The molecule has 160 valence electrons. The number of ether oxygens (including phenoxy) is 2. The largest absolute Gasteiger partial charge is 0.466 e. The maximum absolute atomic E-state index is 10.9. The van der Waals surface area contributed by atoms with Crippen molar-refractivity contribution in [3.8, 4) is 0 Å². The van der Waals surface area contributed by atoms with Gasteiger partial charge < -0.3 is 9.47 Å². The van der Waals surface area contributed by atoms with E-state index in [2.05, 4.69) is 50.8 Å². The molecule has 0 atom stereocenters. The second-order valence-electron chi connectivity index (χ2n) is 5.28. The number of methoxy groups -OCH3 is 2. The Morgan fingerprint density at radius 3 is 1.62 bits per heavy atom. The molecule has 0 saturated carbocycles. The van der Waals surface area contributed by atoms with Crippen molar-refractivity contribution in [2.75, 3.05) is 14.2 Å². The van der Waals surface area contributed by atoms with E-state index in [1.165, 1.54) is 23.9 Å². The third-order valence-electron chi connectivity index (χ3n) is 3.03. The number of benzene rings is 2. The average Bonchev–Trinajstić information content (AvgIpc) is 2.69. The predicted octanol–water partition coefficient (Wildman–Crippen LogP) is 6.49. The first kappa shape index (κ1) is 32.5. The zero-order chi connectivity index (χ0) is 20.7. The van der Waals surface area contributed by atoms with E-state index in [4.69, 9.17) is 0 Å². The SMILES string of the molecule is Br.C=C(C)C(=O)OC.COC(=O)C=C(C)c1ccccc1.I.Ic1ccccc1. The minimum atomic E-state index is -0.347. The number of allylic oxidation sites excluding steroid dienone is 1. The van der Waals surface area contributed by atoms with Gasteiger partial charge >= 0.3 is 11.9 Å². The highest BCUT2D eigenvalue weighted by Crippen LogP contribution is 2.12. The molecule has 0 saturated heterocycles. The van der Waals surface area contributed by atoms with Crippen LogP contribution in [-0.2, 0) is 19.1 Å². The number of hydrogen-bond donors (Lipinski definition) is 0. The molecule has 2 aromatic carbocycles. The van der Waals surface area contributed by atoms with Crippen LogP contribution in [0, 0.1) is 3.57 Å². The summed E-state index contributed by atoms with van der Waals surface area (Å²) in [6.45, 7) is 6.84. The van der Waals surface area contributed by atoms with Crippen molar-refractivity contribution >= 4 is 81.1 Å². The fourth-order valence-corrected chi connectivity index (χ4v) is 2.02. The van der Waals surface area contributed by atoms with Crippen LogP contribution in [0.25, 0.3) is 5.57 Å². The van der Waals surface area contributed by atoms with Gasteiger partial charge in [-0.05, 0) is 59.7 Å². The molecule has 29 heavy (non-hydrogen) atoms. The van der Waals surface area contributed by atoms with Crippen LogP contribution in [0.2, 0.25) is 0 Å². The zero-order valence-corrected chi connectivity index (χ0v) is 23.1. The summed E-state index contributed by atoms with van der Waals surface area (Å²) in [5, 5.41) is 0. The molecule has 0 unspecified atom stereocenters. The molecular formula is C22H27BrI2O4. The Labute approximate surface area is 214 Å². The zero-order valence-electron chi connectivity index (χ0n) is 16.9. The van der Waals surface area contributed by atoms with Crippen LogP contribution in [0.1, 0.15) is 19.4 Å². The van der Waals surface area contributed by atoms with Crippen molar-refractivity contribution in [1.82, 2.24) is 0 Å². The van der Waals surface area contributed by atoms with Crippen molar-refractivity contribution in [3.05, 3.63) is 88.0 Å². The van der Waals surface area contributed by atoms with Gasteiger partial charge in [-0.3, -0.25) is 0 Å². The van der Waals surface area contributed by atoms with Gasteiger partial charge in [0.1, 0.15) is 0 Å². The summed E-state index contributed by atoms with van der Waals surface area (Å²) in [6, 6.07) is 19.9. The molecule has 0 bridgehead atoms. The summed E-state index contributed by atoms with van der Waals surface area (Å²) in [5.41, 5.74) is 2.38. The van der Waals surface area contributed by atoms with E-state index in [1.54, 1.807) is 6.92 Å². The summed E-state index contributed by atoms with van der Waals surface area (Å²) in [7, 11) is 2.70. The molecule has 0 fully saturated rings. The normalized spacial score (nSPS) is 8.93. The van der Waals surface area contributed by atoms with E-state index in [-0.39, 0.29) is 52.9 Å². The third-order valence-corrected chi connectivity index (χ3v) is 3.75. The van der Waals surface area contributed by atoms with E-state index in [0.29, 0.717) is 5.57 Å². The average molecular weight is 689 g/mol. The highest BCUT2D eigenvalue weighted by atomic mass is 127. The second kappa shape index (κ2) is 20.1. The quantitative estimate of drug-likeness (QED) is 0.210. The van der Waals surface area contributed by atoms with Crippen LogP contribution in [0.15, 0.2) is 78.9 Å². The first-order valence-corrected chi connectivity index (χ1v) is 9.15. The molecule has 2 aromatic rings. The van der Waals surface area contributed by atoms with Gasteiger partial charge in [0, 0.05) is 15.2 Å². The summed E-state index contributed by atoms with van der Waals surface area (Å²) in [6.07, 6.45) is 1.48. The predicted molar refractivity (Wildman–Crippen MR) is 144 cm³/mol. The van der Waals surface area contributed by atoms with E-state index in [0.717, 1.165) is 11.1 Å². The topological polar surface area (TPSA) is 52.6 Å². The van der Waals surface area contributed by atoms with Crippen molar-refractivity contribution in [2.45, 2.75) is 13.8 Å². The van der Waals surface area contributed by atoms with E-state index < -0.39 is 0 Å². The molecule has 0 heterocycles. The Balaban J connectivity index is -0.000000365. The van der Waals surface area contributed by atoms with Crippen molar-refractivity contribution in [1.29, 1.82) is 0 Å². The van der Waals surface area contributed by atoms with Gasteiger partial charge in [0.05, 0.1) is 14.2 Å². The summed E-state index contributed by atoms with van der Waals surface area (Å²) in [4.78, 5) is 21.1. The summed E-state index contributed by atoms with van der Waals surface area (Å²) < 4.78 is 10.1. The maximum atomic E-state index is 10.9. The smallest absolute Gasteiger partial charge is 0.332 e. The lowest BCUT2D eigenvalue weighted by atomic mass is 10.1. The van der Waals surface area contributed by atoms with Crippen molar-refractivity contribution < 1.29 is 19.1 Å². The van der Waals surface area contributed by atoms with Crippen LogP contribution in [0.4, 0.5) is 0 Å². The number of rotatable bonds is 3. The van der Waals surface area contributed by atoms with E-state index in [9.17, 15) is 9.59 Å².